The molecule has 2 heterocycles. The molecule has 0 aromatic heterocycles. The van der Waals surface area contributed by atoms with Gasteiger partial charge in [0.15, 0.2) is 5.75 Å². The van der Waals surface area contributed by atoms with Crippen LogP contribution in [-0.2, 0) is 14.3 Å². The van der Waals surface area contributed by atoms with E-state index in [-0.39, 0.29) is 36.0 Å². The maximum atomic E-state index is 13.2. The molecule has 0 spiro atoms. The van der Waals surface area contributed by atoms with Crippen LogP contribution in [0.2, 0.25) is 0 Å². The Morgan fingerprint density at radius 2 is 1.91 bits per heavy atom. The number of anilines is 2. The van der Waals surface area contributed by atoms with Gasteiger partial charge in [-0.05, 0) is 37.6 Å². The highest BCUT2D eigenvalue weighted by Crippen LogP contribution is 2.44. The molecule has 2 aliphatic rings. The summed E-state index contributed by atoms with van der Waals surface area (Å²) in [5.41, 5.74) is 0.157. The SMILES string of the molecule is COC(=O)c1cccc(NC(=O)CCN2C(=O)c3ccccc3N3C(=O)CCC23C)c1O. The first-order chi connectivity index (χ1) is 15.3. The van der Waals surface area contributed by atoms with E-state index in [9.17, 15) is 24.3 Å². The summed E-state index contributed by atoms with van der Waals surface area (Å²) in [6.45, 7) is 1.91. The van der Waals surface area contributed by atoms with E-state index >= 15 is 0 Å². The van der Waals surface area contributed by atoms with Crippen LogP contribution in [0, 0.1) is 0 Å². The van der Waals surface area contributed by atoms with E-state index in [1.54, 1.807) is 34.1 Å². The number of carbonyl (C=O) groups is 4. The largest absolute Gasteiger partial charge is 0.505 e. The lowest BCUT2D eigenvalue weighted by atomic mass is 9.98. The summed E-state index contributed by atoms with van der Waals surface area (Å²) in [4.78, 5) is 53.4. The van der Waals surface area contributed by atoms with Gasteiger partial charge in [-0.2, -0.15) is 0 Å². The van der Waals surface area contributed by atoms with Gasteiger partial charge in [0.25, 0.3) is 5.91 Å². The lowest BCUT2D eigenvalue weighted by molar-refractivity contribution is -0.117. The summed E-state index contributed by atoms with van der Waals surface area (Å²) in [5, 5.41) is 12.8. The lowest BCUT2D eigenvalue weighted by Gasteiger charge is -2.48. The molecule has 1 fully saturated rings. The maximum Gasteiger partial charge on any atom is 0.341 e. The average molecular weight is 437 g/mol. The van der Waals surface area contributed by atoms with Gasteiger partial charge in [0.05, 0.1) is 24.0 Å². The number of carbonyl (C=O) groups excluding carboxylic acids is 4. The smallest absolute Gasteiger partial charge is 0.341 e. The molecule has 2 aromatic rings. The molecule has 9 nitrogen and oxygen atoms in total. The highest BCUT2D eigenvalue weighted by Gasteiger charge is 2.52. The predicted molar refractivity (Wildman–Crippen MR) is 115 cm³/mol. The Kier molecular flexibility index (Phi) is 5.33. The average Bonchev–Trinajstić information content (AvgIpc) is 3.09. The third-order valence-corrected chi connectivity index (χ3v) is 6.02. The monoisotopic (exact) mass is 437 g/mol. The van der Waals surface area contributed by atoms with Crippen molar-refractivity contribution in [3.8, 4) is 5.75 Å². The second-order valence-corrected chi connectivity index (χ2v) is 7.91. The van der Waals surface area contributed by atoms with Crippen LogP contribution in [0.4, 0.5) is 11.4 Å². The van der Waals surface area contributed by atoms with Crippen LogP contribution in [0.3, 0.4) is 0 Å². The zero-order valence-electron chi connectivity index (χ0n) is 17.8. The Hall–Kier alpha value is -3.88. The van der Waals surface area contributed by atoms with Gasteiger partial charge in [-0.1, -0.05) is 18.2 Å². The van der Waals surface area contributed by atoms with Crippen LogP contribution in [0.15, 0.2) is 42.5 Å². The summed E-state index contributed by atoms with van der Waals surface area (Å²) in [6.07, 6.45) is 0.720. The second-order valence-electron chi connectivity index (χ2n) is 7.91. The summed E-state index contributed by atoms with van der Waals surface area (Å²) in [6, 6.07) is 11.3. The molecular weight excluding hydrogens is 414 g/mol. The van der Waals surface area contributed by atoms with Gasteiger partial charge in [-0.25, -0.2) is 4.79 Å². The van der Waals surface area contributed by atoms with Gasteiger partial charge < -0.3 is 20.1 Å². The van der Waals surface area contributed by atoms with Crippen molar-refractivity contribution in [1.82, 2.24) is 4.90 Å². The summed E-state index contributed by atoms with van der Waals surface area (Å²) in [7, 11) is 1.19. The van der Waals surface area contributed by atoms with Crippen LogP contribution in [0.5, 0.6) is 5.75 Å². The van der Waals surface area contributed by atoms with Gasteiger partial charge >= 0.3 is 5.97 Å². The van der Waals surface area contributed by atoms with E-state index < -0.39 is 23.3 Å². The Morgan fingerprint density at radius 1 is 1.16 bits per heavy atom. The summed E-state index contributed by atoms with van der Waals surface area (Å²) < 4.78 is 4.62. The number of rotatable bonds is 5. The van der Waals surface area contributed by atoms with Gasteiger partial charge in [-0.3, -0.25) is 19.3 Å². The van der Waals surface area contributed by atoms with Crippen LogP contribution < -0.4 is 10.2 Å². The first-order valence-corrected chi connectivity index (χ1v) is 10.2. The molecule has 9 heteroatoms. The van der Waals surface area contributed by atoms with Crippen molar-refractivity contribution in [2.45, 2.75) is 31.8 Å². The van der Waals surface area contributed by atoms with Crippen molar-refractivity contribution in [2.24, 2.45) is 0 Å². The van der Waals surface area contributed by atoms with E-state index in [4.69, 9.17) is 0 Å². The third kappa shape index (κ3) is 3.35. The van der Waals surface area contributed by atoms with E-state index in [0.29, 0.717) is 24.1 Å². The predicted octanol–water partition coefficient (Wildman–Crippen LogP) is 2.51. The molecule has 1 atom stereocenters. The third-order valence-electron chi connectivity index (χ3n) is 6.02. The molecule has 32 heavy (non-hydrogen) atoms. The molecule has 1 unspecified atom stereocenters. The molecule has 4 rings (SSSR count). The van der Waals surface area contributed by atoms with Gasteiger partial charge in [0.1, 0.15) is 11.2 Å². The fraction of sp³-hybridized carbons (Fsp3) is 0.304. The fourth-order valence-corrected chi connectivity index (χ4v) is 4.39. The number of fused-ring (bicyclic) bond motifs is 3. The standard InChI is InChI=1S/C23H23N3O6/c1-23-12-10-19(28)26(23)17-9-4-3-6-14(17)21(30)25(23)13-11-18(27)24-16-8-5-7-15(20(16)29)22(31)32-2/h3-9,29H,10-13H2,1-2H3,(H,24,27). The molecule has 2 aliphatic heterocycles. The number of methoxy groups -OCH3 is 1. The van der Waals surface area contributed by atoms with E-state index in [1.165, 1.54) is 25.3 Å². The number of para-hydroxylation sites is 2. The Balaban J connectivity index is 1.53. The fourth-order valence-electron chi connectivity index (χ4n) is 4.39. The number of nitrogens with zero attached hydrogens (tertiary/aromatic N) is 2. The summed E-state index contributed by atoms with van der Waals surface area (Å²) >= 11 is 0. The number of nitrogens with one attached hydrogen (secondary N) is 1. The van der Waals surface area contributed by atoms with Gasteiger partial charge in [-0.15, -0.1) is 0 Å². The number of ether oxygens (including phenoxy) is 1. The Morgan fingerprint density at radius 3 is 2.66 bits per heavy atom. The molecular formula is C23H23N3O6. The number of hydrogen-bond donors (Lipinski definition) is 2. The minimum absolute atomic E-state index is 0.0621. The van der Waals surface area contributed by atoms with Crippen molar-refractivity contribution < 1.29 is 29.0 Å². The number of phenolic OH excluding ortho intramolecular Hbond substituents is 1. The van der Waals surface area contributed by atoms with Crippen LogP contribution in [0.25, 0.3) is 0 Å². The molecule has 166 valence electrons. The van der Waals surface area contributed by atoms with Crippen molar-refractivity contribution >= 4 is 35.1 Å². The van der Waals surface area contributed by atoms with Crippen molar-refractivity contribution in [1.29, 1.82) is 0 Å². The second kappa shape index (κ2) is 7.99. The zero-order chi connectivity index (χ0) is 23.0. The van der Waals surface area contributed by atoms with Crippen LogP contribution in [-0.4, -0.2) is 53.0 Å². The Bertz CT molecular complexity index is 1130. The number of benzene rings is 2. The molecule has 0 saturated carbocycles. The van der Waals surface area contributed by atoms with Crippen LogP contribution in [0.1, 0.15) is 46.9 Å². The van der Waals surface area contributed by atoms with Crippen molar-refractivity contribution in [3.63, 3.8) is 0 Å². The highest BCUT2D eigenvalue weighted by molar-refractivity contribution is 6.10. The summed E-state index contributed by atoms with van der Waals surface area (Å²) in [5.74, 6) is -1.87. The van der Waals surface area contributed by atoms with Crippen LogP contribution >= 0.6 is 0 Å². The van der Waals surface area contributed by atoms with Crippen molar-refractivity contribution in [3.05, 3.63) is 53.6 Å². The normalized spacial score (nSPS) is 19.4. The number of phenols is 1. The first kappa shape index (κ1) is 21.4. The molecule has 1 saturated heterocycles. The molecule has 0 aliphatic carbocycles. The quantitative estimate of drug-likeness (QED) is 0.548. The van der Waals surface area contributed by atoms with Gasteiger partial charge in [0, 0.05) is 19.4 Å². The zero-order valence-corrected chi connectivity index (χ0v) is 17.8. The van der Waals surface area contributed by atoms with Crippen molar-refractivity contribution in [2.75, 3.05) is 23.9 Å². The first-order valence-electron chi connectivity index (χ1n) is 10.2. The minimum Gasteiger partial charge on any atom is -0.505 e. The van der Waals surface area contributed by atoms with E-state index in [0.717, 1.165) is 0 Å². The van der Waals surface area contributed by atoms with E-state index in [2.05, 4.69) is 10.1 Å². The topological polar surface area (TPSA) is 116 Å². The molecule has 2 aromatic carbocycles. The molecule has 2 N–H and O–H groups in total. The number of esters is 1. The minimum atomic E-state index is -0.851. The molecule has 0 radical (unpaired) electrons. The van der Waals surface area contributed by atoms with Gasteiger partial charge in [0.2, 0.25) is 11.8 Å². The van der Waals surface area contributed by atoms with E-state index in [1.807, 2.05) is 6.92 Å². The number of aromatic hydroxyl groups is 1. The molecule has 3 amide bonds. The Labute approximate surface area is 184 Å². The number of hydrogen-bond acceptors (Lipinski definition) is 6. The lowest BCUT2D eigenvalue weighted by Crippen LogP contribution is -2.62. The number of amides is 3. The molecule has 0 bridgehead atoms. The highest BCUT2D eigenvalue weighted by atomic mass is 16.5. The maximum absolute atomic E-state index is 13.2.